The smallest absolute Gasteiger partial charge is 0.262 e. The van der Waals surface area contributed by atoms with Gasteiger partial charge in [0.05, 0.1) is 17.3 Å². The first-order valence-electron chi connectivity index (χ1n) is 11.4. The Bertz CT molecular complexity index is 1260. The minimum Gasteiger partial charge on any atom is -0.484 e. The van der Waals surface area contributed by atoms with Crippen molar-refractivity contribution in [2.75, 3.05) is 17.2 Å². The molecule has 4 aromatic carbocycles. The first-order valence-corrected chi connectivity index (χ1v) is 11.4. The Kier molecular flexibility index (Phi) is 7.76. The molecule has 176 valence electrons. The molecule has 6 nitrogen and oxygen atoms in total. The molecule has 35 heavy (non-hydrogen) atoms. The summed E-state index contributed by atoms with van der Waals surface area (Å²) in [6.45, 7) is 1.74. The van der Waals surface area contributed by atoms with Crippen LogP contribution in [-0.2, 0) is 4.79 Å². The largest absolute Gasteiger partial charge is 0.484 e. The van der Waals surface area contributed by atoms with Crippen molar-refractivity contribution in [1.29, 1.82) is 0 Å². The van der Waals surface area contributed by atoms with Gasteiger partial charge in [-0.05, 0) is 61.0 Å². The van der Waals surface area contributed by atoms with Crippen molar-refractivity contribution in [3.63, 3.8) is 0 Å². The maximum atomic E-state index is 12.9. The average molecular weight is 466 g/mol. The molecule has 0 aliphatic rings. The van der Waals surface area contributed by atoms with E-state index < -0.39 is 0 Å². The predicted molar refractivity (Wildman–Crippen MR) is 139 cm³/mol. The van der Waals surface area contributed by atoms with Gasteiger partial charge in [-0.25, -0.2) is 0 Å². The van der Waals surface area contributed by atoms with Crippen LogP contribution >= 0.6 is 0 Å². The van der Waals surface area contributed by atoms with Crippen LogP contribution in [0.4, 0.5) is 17.1 Å². The third kappa shape index (κ3) is 6.71. The third-order valence-corrected chi connectivity index (χ3v) is 5.38. The molecule has 0 fully saturated rings. The molecule has 0 aliphatic heterocycles. The summed E-state index contributed by atoms with van der Waals surface area (Å²) in [6.07, 6.45) is 0. The van der Waals surface area contributed by atoms with Crippen LogP contribution in [0, 0.1) is 0 Å². The van der Waals surface area contributed by atoms with Gasteiger partial charge in [-0.15, -0.1) is 0 Å². The van der Waals surface area contributed by atoms with E-state index in [1.807, 2.05) is 79.7 Å². The van der Waals surface area contributed by atoms with Crippen molar-refractivity contribution < 1.29 is 14.3 Å². The van der Waals surface area contributed by atoms with Crippen molar-refractivity contribution >= 4 is 28.9 Å². The van der Waals surface area contributed by atoms with E-state index in [4.69, 9.17) is 4.74 Å². The summed E-state index contributed by atoms with van der Waals surface area (Å²) in [6, 6.07) is 33.7. The number of carbonyl (C=O) groups is 2. The fourth-order valence-electron chi connectivity index (χ4n) is 3.55. The highest BCUT2D eigenvalue weighted by molar-refractivity contribution is 6.04. The molecule has 0 saturated heterocycles. The highest BCUT2D eigenvalue weighted by Crippen LogP contribution is 2.21. The lowest BCUT2D eigenvalue weighted by Gasteiger charge is -2.16. The van der Waals surface area contributed by atoms with Gasteiger partial charge in [0, 0.05) is 11.4 Å². The number of para-hydroxylation sites is 2. The van der Waals surface area contributed by atoms with Crippen molar-refractivity contribution in [2.45, 2.75) is 13.0 Å². The van der Waals surface area contributed by atoms with E-state index in [1.165, 1.54) is 0 Å². The zero-order valence-corrected chi connectivity index (χ0v) is 19.4. The van der Waals surface area contributed by atoms with Crippen LogP contribution in [0.2, 0.25) is 0 Å². The predicted octanol–water partition coefficient (Wildman–Crippen LogP) is 5.94. The van der Waals surface area contributed by atoms with Crippen molar-refractivity contribution in [3.05, 3.63) is 120 Å². The van der Waals surface area contributed by atoms with Gasteiger partial charge in [-0.1, -0.05) is 60.7 Å². The van der Waals surface area contributed by atoms with E-state index >= 15 is 0 Å². The maximum absolute atomic E-state index is 12.9. The number of ether oxygens (including phenoxy) is 1. The van der Waals surface area contributed by atoms with Gasteiger partial charge >= 0.3 is 0 Å². The Hall–Kier alpha value is -4.58. The number of hydrogen-bond acceptors (Lipinski definition) is 4. The van der Waals surface area contributed by atoms with E-state index in [9.17, 15) is 9.59 Å². The summed E-state index contributed by atoms with van der Waals surface area (Å²) in [5, 5.41) is 9.06. The SMILES string of the molecule is CC(NC(=O)c1ccccc1NC(=O)COc1ccc(Nc2ccccc2)cc1)c1ccccc1. The van der Waals surface area contributed by atoms with Gasteiger partial charge in [0.1, 0.15) is 5.75 Å². The Balaban J connectivity index is 1.32. The number of benzene rings is 4. The number of nitrogens with one attached hydrogen (secondary N) is 3. The fraction of sp³-hybridized carbons (Fsp3) is 0.103. The average Bonchev–Trinajstić information content (AvgIpc) is 2.89. The summed E-state index contributed by atoms with van der Waals surface area (Å²) < 4.78 is 5.63. The van der Waals surface area contributed by atoms with E-state index in [0.717, 1.165) is 16.9 Å². The van der Waals surface area contributed by atoms with Gasteiger partial charge in [0.25, 0.3) is 11.8 Å². The summed E-state index contributed by atoms with van der Waals surface area (Å²) in [5.74, 6) is -0.0472. The van der Waals surface area contributed by atoms with Gasteiger partial charge in [0.15, 0.2) is 6.61 Å². The van der Waals surface area contributed by atoms with Crippen LogP contribution in [0.5, 0.6) is 5.75 Å². The number of hydrogen-bond donors (Lipinski definition) is 3. The van der Waals surface area contributed by atoms with Crippen LogP contribution in [0.25, 0.3) is 0 Å². The highest BCUT2D eigenvalue weighted by atomic mass is 16.5. The molecule has 0 aliphatic carbocycles. The summed E-state index contributed by atoms with van der Waals surface area (Å²) in [4.78, 5) is 25.4. The second-order valence-corrected chi connectivity index (χ2v) is 8.00. The molecule has 1 unspecified atom stereocenters. The van der Waals surface area contributed by atoms with E-state index in [0.29, 0.717) is 17.0 Å². The first-order chi connectivity index (χ1) is 17.1. The second kappa shape index (κ2) is 11.5. The molecule has 0 spiro atoms. The van der Waals surface area contributed by atoms with Crippen molar-refractivity contribution in [2.24, 2.45) is 0 Å². The molecular weight excluding hydrogens is 438 g/mol. The van der Waals surface area contributed by atoms with Crippen LogP contribution in [-0.4, -0.2) is 18.4 Å². The second-order valence-electron chi connectivity index (χ2n) is 8.00. The molecule has 2 amide bonds. The Morgan fingerprint density at radius 2 is 1.34 bits per heavy atom. The van der Waals surface area contributed by atoms with Gasteiger partial charge < -0.3 is 20.7 Å². The minimum atomic E-state index is -0.354. The van der Waals surface area contributed by atoms with Crippen LogP contribution in [0.3, 0.4) is 0 Å². The standard InChI is InChI=1S/C29H27N3O3/c1-21(22-10-4-2-5-11-22)30-29(34)26-14-8-9-15-27(26)32-28(33)20-35-25-18-16-24(17-19-25)31-23-12-6-3-7-13-23/h2-19,21,31H,20H2,1H3,(H,30,34)(H,32,33). The van der Waals surface area contributed by atoms with Crippen molar-refractivity contribution in [1.82, 2.24) is 5.32 Å². The molecule has 1 atom stereocenters. The summed E-state index contributed by atoms with van der Waals surface area (Å²) >= 11 is 0. The molecule has 3 N–H and O–H groups in total. The van der Waals surface area contributed by atoms with E-state index in [-0.39, 0.29) is 24.5 Å². The molecule has 0 radical (unpaired) electrons. The van der Waals surface area contributed by atoms with Crippen LogP contribution < -0.4 is 20.7 Å². The number of amides is 2. The third-order valence-electron chi connectivity index (χ3n) is 5.38. The Morgan fingerprint density at radius 1 is 0.743 bits per heavy atom. The van der Waals surface area contributed by atoms with Crippen LogP contribution in [0.1, 0.15) is 28.9 Å². The number of carbonyl (C=O) groups excluding carboxylic acids is 2. The maximum Gasteiger partial charge on any atom is 0.262 e. The topological polar surface area (TPSA) is 79.5 Å². The summed E-state index contributed by atoms with van der Waals surface area (Å²) in [5.41, 5.74) is 3.72. The zero-order valence-electron chi connectivity index (χ0n) is 19.4. The lowest BCUT2D eigenvalue weighted by atomic mass is 10.1. The quantitative estimate of drug-likeness (QED) is 0.286. The Labute approximate surface area is 205 Å². The van der Waals surface area contributed by atoms with Gasteiger partial charge in [-0.3, -0.25) is 9.59 Å². The molecule has 0 heterocycles. The molecule has 4 aromatic rings. The number of anilines is 3. The molecule has 4 rings (SSSR count). The molecular formula is C29H27N3O3. The molecule has 6 heteroatoms. The van der Waals surface area contributed by atoms with E-state index in [2.05, 4.69) is 16.0 Å². The molecule has 0 aromatic heterocycles. The number of rotatable bonds is 9. The van der Waals surface area contributed by atoms with Crippen LogP contribution in [0.15, 0.2) is 109 Å². The molecule has 0 bridgehead atoms. The lowest BCUT2D eigenvalue weighted by molar-refractivity contribution is -0.118. The highest BCUT2D eigenvalue weighted by Gasteiger charge is 2.16. The Morgan fingerprint density at radius 3 is 2.06 bits per heavy atom. The monoisotopic (exact) mass is 465 g/mol. The van der Waals surface area contributed by atoms with Gasteiger partial charge in [0.2, 0.25) is 0 Å². The zero-order chi connectivity index (χ0) is 24.5. The minimum absolute atomic E-state index is 0.171. The normalized spacial score (nSPS) is 11.2. The van der Waals surface area contributed by atoms with Gasteiger partial charge in [-0.2, -0.15) is 0 Å². The summed E-state index contributed by atoms with van der Waals surface area (Å²) in [7, 11) is 0. The molecule has 0 saturated carbocycles. The lowest BCUT2D eigenvalue weighted by Crippen LogP contribution is -2.28. The first kappa shape index (κ1) is 23.6. The fourth-order valence-corrected chi connectivity index (χ4v) is 3.55. The van der Waals surface area contributed by atoms with Crippen molar-refractivity contribution in [3.8, 4) is 5.75 Å². The van der Waals surface area contributed by atoms with E-state index in [1.54, 1.807) is 36.4 Å².